The lowest BCUT2D eigenvalue weighted by atomic mass is 10.2. The number of aryl methyl sites for hydroxylation is 1. The highest BCUT2D eigenvalue weighted by Gasteiger charge is 2.15. The van der Waals surface area contributed by atoms with E-state index in [4.69, 9.17) is 14.3 Å². The average Bonchev–Trinajstić information content (AvgIpc) is 2.79. The van der Waals surface area contributed by atoms with Crippen molar-refractivity contribution in [3.05, 3.63) is 41.8 Å². The lowest BCUT2D eigenvalue weighted by molar-refractivity contribution is -0.143. The number of rotatable bonds is 5. The zero-order chi connectivity index (χ0) is 13.7. The van der Waals surface area contributed by atoms with E-state index >= 15 is 0 Å². The number of esters is 1. The minimum atomic E-state index is -0.426. The van der Waals surface area contributed by atoms with Crippen LogP contribution in [0.5, 0.6) is 0 Å². The second-order valence-electron chi connectivity index (χ2n) is 4.01. The highest BCUT2D eigenvalue weighted by atomic mass is 16.5. The van der Waals surface area contributed by atoms with Gasteiger partial charge in [-0.15, -0.1) is 0 Å². The lowest BCUT2D eigenvalue weighted by Gasteiger charge is -2.00. The van der Waals surface area contributed by atoms with E-state index < -0.39 is 5.97 Å². The molecule has 1 aromatic heterocycles. The topological polar surface area (TPSA) is 72.6 Å². The first-order chi connectivity index (χ1) is 9.20. The second-order valence-corrected chi connectivity index (χ2v) is 4.01. The Hall–Kier alpha value is -2.14. The van der Waals surface area contributed by atoms with Crippen molar-refractivity contribution in [3.8, 4) is 11.5 Å². The first-order valence-electron chi connectivity index (χ1n) is 5.99. The molecule has 0 spiro atoms. The maximum absolute atomic E-state index is 11.5. The van der Waals surface area contributed by atoms with Crippen LogP contribution in [0.2, 0.25) is 0 Å². The van der Waals surface area contributed by atoms with Crippen molar-refractivity contribution in [3.63, 3.8) is 0 Å². The monoisotopic (exact) mass is 261 g/mol. The fourth-order valence-electron chi connectivity index (χ4n) is 1.64. The third kappa shape index (κ3) is 3.42. The molecule has 0 radical (unpaired) electrons. The number of nitrogens with zero attached hydrogens (tertiary/aromatic N) is 1. The van der Waals surface area contributed by atoms with Crippen LogP contribution < -0.4 is 0 Å². The van der Waals surface area contributed by atoms with Crippen molar-refractivity contribution in [1.29, 1.82) is 0 Å². The van der Waals surface area contributed by atoms with Crippen molar-refractivity contribution in [2.75, 3.05) is 13.2 Å². The fourth-order valence-corrected chi connectivity index (χ4v) is 1.64. The number of benzene rings is 1. The van der Waals surface area contributed by atoms with Gasteiger partial charge in [0.25, 0.3) is 0 Å². The van der Waals surface area contributed by atoms with Gasteiger partial charge >= 0.3 is 5.97 Å². The van der Waals surface area contributed by atoms with Crippen LogP contribution >= 0.6 is 0 Å². The Balaban J connectivity index is 2.11. The molecular weight excluding hydrogens is 246 g/mol. The molecule has 0 unspecified atom stereocenters. The number of aromatic nitrogens is 1. The number of ether oxygens (including phenoxy) is 1. The Morgan fingerprint density at radius 3 is 2.79 bits per heavy atom. The molecule has 0 aliphatic carbocycles. The Labute approximate surface area is 110 Å². The molecule has 0 saturated carbocycles. The van der Waals surface area contributed by atoms with Crippen LogP contribution in [0.25, 0.3) is 11.5 Å². The minimum Gasteiger partial charge on any atom is -0.463 e. The van der Waals surface area contributed by atoms with E-state index in [1.165, 1.54) is 0 Å². The normalized spacial score (nSPS) is 10.4. The van der Waals surface area contributed by atoms with Crippen molar-refractivity contribution in [2.45, 2.75) is 13.3 Å². The Morgan fingerprint density at radius 1 is 1.37 bits per heavy atom. The summed E-state index contributed by atoms with van der Waals surface area (Å²) in [6.45, 7) is 1.58. The molecule has 0 amide bonds. The molecule has 19 heavy (non-hydrogen) atoms. The molecule has 1 N–H and O–H groups in total. The Kier molecular flexibility index (Phi) is 4.30. The van der Waals surface area contributed by atoms with Gasteiger partial charge < -0.3 is 14.3 Å². The zero-order valence-electron chi connectivity index (χ0n) is 10.6. The molecule has 1 heterocycles. The molecule has 100 valence electrons. The number of aliphatic hydroxyl groups excluding tert-OH is 1. The predicted octanol–water partition coefficient (Wildman–Crippen LogP) is 1.73. The highest BCUT2D eigenvalue weighted by molar-refractivity contribution is 5.72. The third-order valence-corrected chi connectivity index (χ3v) is 2.58. The smallest absolute Gasteiger partial charge is 0.312 e. The van der Waals surface area contributed by atoms with Gasteiger partial charge in [0.05, 0.1) is 18.7 Å². The number of carbonyl (C=O) groups is 1. The van der Waals surface area contributed by atoms with Crippen molar-refractivity contribution in [2.24, 2.45) is 0 Å². The standard InChI is InChI=1S/C14H15NO4/c1-10-12(9-13(17)18-8-7-16)15-14(19-10)11-5-3-2-4-6-11/h2-6,16H,7-9H2,1H3. The number of hydrogen-bond donors (Lipinski definition) is 1. The van der Waals surface area contributed by atoms with Crippen molar-refractivity contribution < 1.29 is 19.1 Å². The molecule has 0 aliphatic rings. The van der Waals surface area contributed by atoms with Gasteiger partial charge in [-0.2, -0.15) is 0 Å². The van der Waals surface area contributed by atoms with E-state index in [1.54, 1.807) is 6.92 Å². The van der Waals surface area contributed by atoms with Crippen LogP contribution in [0.3, 0.4) is 0 Å². The van der Waals surface area contributed by atoms with Crippen molar-refractivity contribution >= 4 is 5.97 Å². The molecule has 5 nitrogen and oxygen atoms in total. The summed E-state index contributed by atoms with van der Waals surface area (Å²) in [4.78, 5) is 15.8. The first kappa shape index (κ1) is 13.3. The maximum atomic E-state index is 11.5. The van der Waals surface area contributed by atoms with Gasteiger partial charge in [0.15, 0.2) is 0 Å². The summed E-state index contributed by atoms with van der Waals surface area (Å²) in [5.41, 5.74) is 1.42. The van der Waals surface area contributed by atoms with Crippen LogP contribution in [0.1, 0.15) is 11.5 Å². The molecule has 2 aromatic rings. The van der Waals surface area contributed by atoms with Gasteiger partial charge in [0.1, 0.15) is 12.4 Å². The van der Waals surface area contributed by atoms with Gasteiger partial charge in [-0.25, -0.2) is 4.98 Å². The van der Waals surface area contributed by atoms with Gasteiger partial charge in [-0.1, -0.05) is 18.2 Å². The lowest BCUT2D eigenvalue weighted by Crippen LogP contribution is -2.11. The number of hydrogen-bond acceptors (Lipinski definition) is 5. The summed E-state index contributed by atoms with van der Waals surface area (Å²) < 4.78 is 10.3. The van der Waals surface area contributed by atoms with Gasteiger partial charge in [-0.3, -0.25) is 4.79 Å². The van der Waals surface area contributed by atoms with E-state index in [1.807, 2.05) is 30.3 Å². The molecule has 0 fully saturated rings. The third-order valence-electron chi connectivity index (χ3n) is 2.58. The van der Waals surface area contributed by atoms with Crippen molar-refractivity contribution in [1.82, 2.24) is 4.98 Å². The Bertz CT molecular complexity index is 548. The van der Waals surface area contributed by atoms with Gasteiger partial charge in [0, 0.05) is 5.56 Å². The second kappa shape index (κ2) is 6.15. The van der Waals surface area contributed by atoms with E-state index in [2.05, 4.69) is 4.98 Å². The summed E-state index contributed by atoms with van der Waals surface area (Å²) in [6, 6.07) is 9.47. The molecule has 5 heteroatoms. The molecular formula is C14H15NO4. The van der Waals surface area contributed by atoms with Crippen LogP contribution in [0, 0.1) is 6.92 Å². The van der Waals surface area contributed by atoms with E-state index in [0.717, 1.165) is 5.56 Å². The van der Waals surface area contributed by atoms with Crippen LogP contribution in [0.15, 0.2) is 34.7 Å². The molecule has 0 saturated heterocycles. The number of carbonyl (C=O) groups excluding carboxylic acids is 1. The number of oxazole rings is 1. The summed E-state index contributed by atoms with van der Waals surface area (Å²) in [5.74, 6) is 0.660. The fraction of sp³-hybridized carbons (Fsp3) is 0.286. The Morgan fingerprint density at radius 2 is 2.11 bits per heavy atom. The maximum Gasteiger partial charge on any atom is 0.312 e. The summed E-state index contributed by atoms with van der Waals surface area (Å²) in [7, 11) is 0. The summed E-state index contributed by atoms with van der Waals surface area (Å²) in [6.07, 6.45) is 0.0438. The molecule has 0 atom stereocenters. The van der Waals surface area contributed by atoms with E-state index in [-0.39, 0.29) is 19.6 Å². The van der Waals surface area contributed by atoms with E-state index in [0.29, 0.717) is 17.3 Å². The molecule has 0 aliphatic heterocycles. The number of aliphatic hydroxyl groups is 1. The summed E-state index contributed by atoms with van der Waals surface area (Å²) >= 11 is 0. The molecule has 2 rings (SSSR count). The molecule has 0 bridgehead atoms. The largest absolute Gasteiger partial charge is 0.463 e. The first-order valence-corrected chi connectivity index (χ1v) is 5.99. The van der Waals surface area contributed by atoms with Crippen LogP contribution in [0.4, 0.5) is 0 Å². The molecule has 1 aromatic carbocycles. The van der Waals surface area contributed by atoms with Crippen LogP contribution in [-0.2, 0) is 16.0 Å². The average molecular weight is 261 g/mol. The van der Waals surface area contributed by atoms with E-state index in [9.17, 15) is 4.79 Å². The van der Waals surface area contributed by atoms with Crippen LogP contribution in [-0.4, -0.2) is 29.3 Å². The minimum absolute atomic E-state index is 0.00126. The highest BCUT2D eigenvalue weighted by Crippen LogP contribution is 2.21. The quantitative estimate of drug-likeness (QED) is 0.830. The zero-order valence-corrected chi connectivity index (χ0v) is 10.6. The predicted molar refractivity (Wildman–Crippen MR) is 68.4 cm³/mol. The SMILES string of the molecule is Cc1oc(-c2ccccc2)nc1CC(=O)OCCO. The van der Waals surface area contributed by atoms with Gasteiger partial charge in [-0.05, 0) is 19.1 Å². The van der Waals surface area contributed by atoms with Gasteiger partial charge in [0.2, 0.25) is 5.89 Å². The summed E-state index contributed by atoms with van der Waals surface area (Å²) in [5, 5.41) is 8.58.